The number of benzene rings is 1. The Balaban J connectivity index is 2.01. The molecular weight excluding hydrogens is 278 g/mol. The van der Waals surface area contributed by atoms with E-state index in [1.54, 1.807) is 4.90 Å². The third kappa shape index (κ3) is 4.47. The summed E-state index contributed by atoms with van der Waals surface area (Å²) in [6.07, 6.45) is -2.39. The van der Waals surface area contributed by atoms with Crippen molar-refractivity contribution in [2.24, 2.45) is 0 Å². The van der Waals surface area contributed by atoms with E-state index in [1.165, 1.54) is 0 Å². The number of anilines is 1. The third-order valence-electron chi connectivity index (χ3n) is 3.38. The summed E-state index contributed by atoms with van der Waals surface area (Å²) >= 11 is 0. The SMILES string of the molecule is CC1CN(C(=O)CCOCC(F)F)c2ccccc2CN1. The summed E-state index contributed by atoms with van der Waals surface area (Å²) in [5.41, 5.74) is 1.94. The van der Waals surface area contributed by atoms with Gasteiger partial charge in [-0.1, -0.05) is 18.2 Å². The van der Waals surface area contributed by atoms with E-state index in [4.69, 9.17) is 4.74 Å². The van der Waals surface area contributed by atoms with E-state index in [0.29, 0.717) is 13.1 Å². The lowest BCUT2D eigenvalue weighted by Gasteiger charge is -2.24. The van der Waals surface area contributed by atoms with Crippen LogP contribution in [0.3, 0.4) is 0 Å². The van der Waals surface area contributed by atoms with E-state index < -0.39 is 13.0 Å². The highest BCUT2D eigenvalue weighted by molar-refractivity contribution is 5.94. The number of nitrogens with zero attached hydrogens (tertiary/aromatic N) is 1. The highest BCUT2D eigenvalue weighted by Gasteiger charge is 2.23. The van der Waals surface area contributed by atoms with Crippen molar-refractivity contribution in [1.29, 1.82) is 0 Å². The summed E-state index contributed by atoms with van der Waals surface area (Å²) in [6.45, 7) is 2.68. The van der Waals surface area contributed by atoms with Crippen LogP contribution in [0.4, 0.5) is 14.5 Å². The average molecular weight is 298 g/mol. The van der Waals surface area contributed by atoms with Crippen molar-refractivity contribution in [3.63, 3.8) is 0 Å². The van der Waals surface area contributed by atoms with Crippen LogP contribution < -0.4 is 10.2 Å². The fourth-order valence-electron chi connectivity index (χ4n) is 2.35. The van der Waals surface area contributed by atoms with Crippen molar-refractivity contribution in [1.82, 2.24) is 5.32 Å². The van der Waals surface area contributed by atoms with Crippen LogP contribution in [-0.2, 0) is 16.1 Å². The molecule has 1 aromatic carbocycles. The monoisotopic (exact) mass is 298 g/mol. The molecule has 21 heavy (non-hydrogen) atoms. The Kier molecular flexibility index (Phi) is 5.64. The number of carbonyl (C=O) groups excluding carboxylic acids is 1. The van der Waals surface area contributed by atoms with Gasteiger partial charge in [0.25, 0.3) is 6.43 Å². The Morgan fingerprint density at radius 1 is 1.48 bits per heavy atom. The maximum atomic E-state index is 12.3. The summed E-state index contributed by atoms with van der Waals surface area (Å²) in [6, 6.07) is 7.89. The molecular formula is C15H20F2N2O2. The molecule has 0 bridgehead atoms. The van der Waals surface area contributed by atoms with Gasteiger partial charge in [0.05, 0.1) is 13.0 Å². The molecule has 1 unspecified atom stereocenters. The van der Waals surface area contributed by atoms with Gasteiger partial charge in [0.15, 0.2) is 0 Å². The maximum absolute atomic E-state index is 12.3. The van der Waals surface area contributed by atoms with Gasteiger partial charge in [0, 0.05) is 24.8 Å². The van der Waals surface area contributed by atoms with E-state index in [-0.39, 0.29) is 25.0 Å². The molecule has 0 fully saturated rings. The van der Waals surface area contributed by atoms with Crippen LogP contribution in [0, 0.1) is 0 Å². The predicted octanol–water partition coefficient (Wildman–Crippen LogP) is 2.18. The lowest BCUT2D eigenvalue weighted by atomic mass is 10.1. The standard InChI is InChI=1S/C15H20F2N2O2/c1-11-9-19(15(20)6-7-21-10-14(16)17)13-5-3-2-4-12(13)8-18-11/h2-5,11,14,18H,6-10H2,1H3. The minimum absolute atomic E-state index is 0.0175. The fraction of sp³-hybridized carbons (Fsp3) is 0.533. The topological polar surface area (TPSA) is 41.6 Å². The molecule has 6 heteroatoms. The zero-order valence-corrected chi connectivity index (χ0v) is 12.0. The second-order valence-electron chi connectivity index (χ2n) is 5.13. The number of carbonyl (C=O) groups is 1. The highest BCUT2D eigenvalue weighted by atomic mass is 19.3. The van der Waals surface area contributed by atoms with Gasteiger partial charge in [-0.3, -0.25) is 4.79 Å². The van der Waals surface area contributed by atoms with Gasteiger partial charge in [-0.05, 0) is 18.6 Å². The number of alkyl halides is 2. The summed E-state index contributed by atoms with van der Waals surface area (Å²) in [5, 5.41) is 3.34. The molecule has 0 aliphatic carbocycles. The fourth-order valence-corrected chi connectivity index (χ4v) is 2.35. The van der Waals surface area contributed by atoms with Crippen molar-refractivity contribution in [3.05, 3.63) is 29.8 Å². The molecule has 0 saturated carbocycles. The number of halogens is 2. The van der Waals surface area contributed by atoms with Crippen LogP contribution in [0.1, 0.15) is 18.9 Å². The first-order chi connectivity index (χ1) is 10.1. The number of hydrogen-bond donors (Lipinski definition) is 1. The van der Waals surface area contributed by atoms with Gasteiger partial charge < -0.3 is 15.0 Å². The number of amides is 1. The van der Waals surface area contributed by atoms with E-state index in [0.717, 1.165) is 11.3 Å². The molecule has 1 aromatic rings. The lowest BCUT2D eigenvalue weighted by Crippen LogP contribution is -2.40. The van der Waals surface area contributed by atoms with Crippen molar-refractivity contribution in [2.75, 3.05) is 24.7 Å². The van der Waals surface area contributed by atoms with Crippen molar-refractivity contribution < 1.29 is 18.3 Å². The van der Waals surface area contributed by atoms with Crippen LogP contribution in [0.15, 0.2) is 24.3 Å². The number of rotatable bonds is 5. The van der Waals surface area contributed by atoms with Gasteiger partial charge >= 0.3 is 0 Å². The number of ether oxygens (including phenoxy) is 1. The summed E-state index contributed by atoms with van der Waals surface area (Å²) in [4.78, 5) is 14.0. The average Bonchev–Trinajstić information content (AvgIpc) is 2.63. The highest BCUT2D eigenvalue weighted by Crippen LogP contribution is 2.24. The van der Waals surface area contributed by atoms with Crippen molar-refractivity contribution in [2.45, 2.75) is 32.4 Å². The van der Waals surface area contributed by atoms with Gasteiger partial charge in [0.1, 0.15) is 6.61 Å². The molecule has 116 valence electrons. The second kappa shape index (κ2) is 7.47. The second-order valence-corrected chi connectivity index (χ2v) is 5.13. The number of para-hydroxylation sites is 1. The lowest BCUT2D eigenvalue weighted by molar-refractivity contribution is -0.120. The largest absolute Gasteiger partial charge is 0.375 e. The van der Waals surface area contributed by atoms with Crippen LogP contribution in [0.25, 0.3) is 0 Å². The molecule has 1 aliphatic heterocycles. The molecule has 0 radical (unpaired) electrons. The van der Waals surface area contributed by atoms with E-state index >= 15 is 0 Å². The third-order valence-corrected chi connectivity index (χ3v) is 3.38. The maximum Gasteiger partial charge on any atom is 0.261 e. The molecule has 0 saturated heterocycles. The summed E-state index contributed by atoms with van der Waals surface area (Å²) in [7, 11) is 0. The summed E-state index contributed by atoms with van der Waals surface area (Å²) in [5.74, 6) is -0.104. The molecule has 1 aliphatic rings. The van der Waals surface area contributed by atoms with Crippen LogP contribution in [0.5, 0.6) is 0 Å². The van der Waals surface area contributed by atoms with E-state index in [1.807, 2.05) is 31.2 Å². The Labute approximate surface area is 123 Å². The van der Waals surface area contributed by atoms with Crippen LogP contribution in [0.2, 0.25) is 0 Å². The molecule has 1 heterocycles. The molecule has 0 aromatic heterocycles. The molecule has 0 spiro atoms. The van der Waals surface area contributed by atoms with Crippen molar-refractivity contribution in [3.8, 4) is 0 Å². The minimum atomic E-state index is -2.50. The Bertz CT molecular complexity index is 482. The first-order valence-corrected chi connectivity index (χ1v) is 7.05. The van der Waals surface area contributed by atoms with Gasteiger partial charge in [-0.25, -0.2) is 8.78 Å². The molecule has 1 N–H and O–H groups in total. The zero-order valence-electron chi connectivity index (χ0n) is 12.0. The first-order valence-electron chi connectivity index (χ1n) is 7.05. The Morgan fingerprint density at radius 3 is 3.00 bits per heavy atom. The predicted molar refractivity (Wildman–Crippen MR) is 76.5 cm³/mol. The number of hydrogen-bond acceptors (Lipinski definition) is 3. The van der Waals surface area contributed by atoms with Crippen LogP contribution >= 0.6 is 0 Å². The van der Waals surface area contributed by atoms with Crippen molar-refractivity contribution >= 4 is 11.6 Å². The Morgan fingerprint density at radius 2 is 2.24 bits per heavy atom. The van der Waals surface area contributed by atoms with Gasteiger partial charge in [-0.2, -0.15) is 0 Å². The molecule has 2 rings (SSSR count). The van der Waals surface area contributed by atoms with Gasteiger partial charge in [0.2, 0.25) is 5.91 Å². The van der Waals surface area contributed by atoms with E-state index in [2.05, 4.69) is 5.32 Å². The van der Waals surface area contributed by atoms with Gasteiger partial charge in [-0.15, -0.1) is 0 Å². The number of fused-ring (bicyclic) bond motifs is 1. The molecule has 1 atom stereocenters. The zero-order chi connectivity index (χ0) is 15.2. The quantitative estimate of drug-likeness (QED) is 0.847. The summed E-state index contributed by atoms with van der Waals surface area (Å²) < 4.78 is 28.8. The molecule has 4 nitrogen and oxygen atoms in total. The molecule has 1 amide bonds. The van der Waals surface area contributed by atoms with Crippen LogP contribution in [-0.4, -0.2) is 38.1 Å². The Hall–Kier alpha value is -1.53. The van der Waals surface area contributed by atoms with E-state index in [9.17, 15) is 13.6 Å². The minimum Gasteiger partial charge on any atom is -0.375 e. The first kappa shape index (κ1) is 15.9. The normalized spacial score (nSPS) is 18.5. The smallest absolute Gasteiger partial charge is 0.261 e. The number of nitrogens with one attached hydrogen (secondary N) is 1.